The number of fused-ring (bicyclic) bond motifs is 2. The number of alkyl halides is 17. The van der Waals surface area contributed by atoms with Gasteiger partial charge in [-0.25, -0.2) is 32.8 Å². The second-order valence-corrected chi connectivity index (χ2v) is 23.2. The van der Waals surface area contributed by atoms with Crippen LogP contribution in [0.4, 0.5) is 74.6 Å². The second-order valence-electron chi connectivity index (χ2n) is 23.2. The standard InChI is InChI=1S/C13H19F3O2.C12H13F5O2.C12H17F3O2.C11H15F3O2.C10H13F3O2/c1-8(2)12(17)18-10-5-4-9(3)11(7-6-10)13(14,15)16;1-5(2)10(18)19-8-4-6-3-7(8)11(13,14)9(6)12(15,16)17;1-8(2)11(16)17-10-5-3-4-9(6-7-10)12(13,14)15;1-6(2)10(15)16-8-4-7(3)9(5-8)11(12,13)14;1-6(2)9(14)15-8-4-3-7(5-8)10(11,12)13/h9-11H,1,4-7H2,2-3H3;6-9H,1,3-4H2,2H3;9-10H,1,3-7H2,2H3;7-9H,1,4-5H2,2-3H3;7-8H,1,3-5H2,2H3. The molecule has 0 heterocycles. The fourth-order valence-corrected chi connectivity index (χ4v) is 11.0. The second kappa shape index (κ2) is 31.2. The lowest BCUT2D eigenvalue weighted by atomic mass is 9.83. The molecule has 488 valence electrons. The van der Waals surface area contributed by atoms with Gasteiger partial charge >= 0.3 is 60.7 Å². The zero-order valence-corrected chi connectivity index (χ0v) is 48.4. The van der Waals surface area contributed by atoms with Gasteiger partial charge in [0.05, 0.1) is 29.6 Å². The Morgan fingerprint density at radius 3 is 1.16 bits per heavy atom. The molecule has 0 amide bonds. The summed E-state index contributed by atoms with van der Waals surface area (Å²) >= 11 is 0. The van der Waals surface area contributed by atoms with Gasteiger partial charge in [-0.2, -0.15) is 65.9 Å². The molecule has 27 heteroatoms. The monoisotopic (exact) mass is 1260 g/mol. The molecule has 14 unspecified atom stereocenters. The number of rotatable bonds is 10. The van der Waals surface area contributed by atoms with E-state index in [-0.39, 0.29) is 105 Å². The van der Waals surface area contributed by atoms with Crippen LogP contribution < -0.4 is 0 Å². The number of hydrogen-bond acceptors (Lipinski definition) is 10. The molecular weight excluding hydrogens is 1180 g/mol. The van der Waals surface area contributed by atoms with Gasteiger partial charge in [0.15, 0.2) is 0 Å². The minimum Gasteiger partial charge on any atom is -0.459 e. The van der Waals surface area contributed by atoms with Gasteiger partial charge in [0.25, 0.3) is 5.92 Å². The Bertz CT molecular complexity index is 2340. The van der Waals surface area contributed by atoms with E-state index in [9.17, 15) is 98.6 Å². The molecular formula is C58H77F17O10. The molecule has 6 saturated carbocycles. The van der Waals surface area contributed by atoms with Crippen molar-refractivity contribution in [3.63, 3.8) is 0 Å². The third-order valence-electron chi connectivity index (χ3n) is 15.7. The quantitative estimate of drug-likeness (QED) is 0.0685. The topological polar surface area (TPSA) is 132 Å². The maximum atomic E-state index is 13.8. The number of hydrogen-bond donors (Lipinski definition) is 0. The summed E-state index contributed by atoms with van der Waals surface area (Å²) in [4.78, 5) is 56.1. The molecule has 6 aliphatic rings. The van der Waals surface area contributed by atoms with Crippen molar-refractivity contribution < 1.29 is 122 Å². The van der Waals surface area contributed by atoms with E-state index in [1.807, 2.05) is 0 Å². The van der Waals surface area contributed by atoms with Gasteiger partial charge in [0.2, 0.25) is 0 Å². The van der Waals surface area contributed by atoms with Crippen molar-refractivity contribution in [2.75, 3.05) is 0 Å². The minimum atomic E-state index is -4.92. The minimum absolute atomic E-state index is 0.0266. The van der Waals surface area contributed by atoms with Crippen molar-refractivity contribution in [3.05, 3.63) is 60.8 Å². The van der Waals surface area contributed by atoms with Crippen LogP contribution in [0.1, 0.15) is 151 Å². The van der Waals surface area contributed by atoms with E-state index in [2.05, 4.69) is 32.9 Å². The van der Waals surface area contributed by atoms with Crippen LogP contribution in [0.3, 0.4) is 0 Å². The first-order valence-corrected chi connectivity index (χ1v) is 27.6. The Hall–Kier alpha value is -5.14. The van der Waals surface area contributed by atoms with E-state index in [4.69, 9.17) is 23.7 Å². The van der Waals surface area contributed by atoms with Crippen molar-refractivity contribution in [3.8, 4) is 0 Å². The fourth-order valence-electron chi connectivity index (χ4n) is 11.0. The molecule has 14 atom stereocenters. The molecule has 85 heavy (non-hydrogen) atoms. The zero-order chi connectivity index (χ0) is 65.7. The van der Waals surface area contributed by atoms with Crippen molar-refractivity contribution >= 4 is 29.8 Å². The molecule has 0 aromatic heterocycles. The van der Waals surface area contributed by atoms with Gasteiger partial charge in [0.1, 0.15) is 36.4 Å². The maximum Gasteiger partial charge on any atom is 0.397 e. The molecule has 6 rings (SSSR count). The van der Waals surface area contributed by atoms with E-state index in [1.54, 1.807) is 6.92 Å². The Morgan fingerprint density at radius 1 is 0.376 bits per heavy atom. The molecule has 0 radical (unpaired) electrons. The largest absolute Gasteiger partial charge is 0.459 e. The highest BCUT2D eigenvalue weighted by Gasteiger charge is 2.72. The molecule has 0 saturated heterocycles. The van der Waals surface area contributed by atoms with Crippen LogP contribution in [0.5, 0.6) is 0 Å². The smallest absolute Gasteiger partial charge is 0.397 e. The molecule has 2 bridgehead atoms. The summed E-state index contributed by atoms with van der Waals surface area (Å²) in [5.74, 6) is -18.5. The number of carbonyl (C=O) groups excluding carboxylic acids is 5. The zero-order valence-electron chi connectivity index (χ0n) is 48.4. The van der Waals surface area contributed by atoms with Crippen LogP contribution in [0, 0.1) is 53.3 Å². The van der Waals surface area contributed by atoms with E-state index in [1.165, 1.54) is 41.5 Å². The van der Waals surface area contributed by atoms with Crippen LogP contribution in [0.15, 0.2) is 60.8 Å². The first kappa shape index (κ1) is 76.0. The van der Waals surface area contributed by atoms with Crippen LogP contribution in [0.2, 0.25) is 0 Å². The van der Waals surface area contributed by atoms with Crippen LogP contribution in [-0.4, -0.2) is 97.2 Å². The summed E-state index contributed by atoms with van der Waals surface area (Å²) in [6, 6.07) is 0. The molecule has 0 aliphatic heterocycles. The normalized spacial score (nSPS) is 29.9. The number of halogens is 17. The van der Waals surface area contributed by atoms with Crippen molar-refractivity contribution in [2.45, 2.75) is 219 Å². The Balaban J connectivity index is 0.000000363. The highest BCUT2D eigenvalue weighted by Crippen LogP contribution is 2.62. The summed E-state index contributed by atoms with van der Waals surface area (Å²) in [6.45, 7) is 27.5. The van der Waals surface area contributed by atoms with Gasteiger partial charge in [-0.15, -0.1) is 0 Å². The summed E-state index contributed by atoms with van der Waals surface area (Å²) in [7, 11) is 0. The highest BCUT2D eigenvalue weighted by atomic mass is 19.4. The average Bonchev–Trinajstić information content (AvgIpc) is 1.82. The summed E-state index contributed by atoms with van der Waals surface area (Å²) in [5, 5.41) is 0. The fraction of sp³-hybridized carbons (Fsp3) is 0.741. The summed E-state index contributed by atoms with van der Waals surface area (Å²) in [5.41, 5.74) is 1.02. The van der Waals surface area contributed by atoms with Crippen LogP contribution in [-0.2, 0) is 47.7 Å². The van der Waals surface area contributed by atoms with E-state index >= 15 is 0 Å². The van der Waals surface area contributed by atoms with E-state index in [0.29, 0.717) is 25.7 Å². The maximum absolute atomic E-state index is 13.8. The highest BCUT2D eigenvalue weighted by molar-refractivity contribution is 5.88. The van der Waals surface area contributed by atoms with Crippen LogP contribution >= 0.6 is 0 Å². The Morgan fingerprint density at radius 2 is 0.765 bits per heavy atom. The first-order chi connectivity index (χ1) is 38.6. The van der Waals surface area contributed by atoms with Gasteiger partial charge < -0.3 is 23.7 Å². The van der Waals surface area contributed by atoms with Gasteiger partial charge in [-0.3, -0.25) is 0 Å². The van der Waals surface area contributed by atoms with E-state index < -0.39 is 150 Å². The molecule has 0 aromatic rings. The Kier molecular flexibility index (Phi) is 27.8. The van der Waals surface area contributed by atoms with Crippen molar-refractivity contribution in [1.29, 1.82) is 0 Å². The third kappa shape index (κ3) is 24.2. The summed E-state index contributed by atoms with van der Waals surface area (Å²) < 4.78 is 240. The number of ether oxygens (including phenoxy) is 5. The molecule has 0 aromatic carbocycles. The SMILES string of the molecule is C=C(C)C(=O)OC1CC(C)C(C(F)(F)F)C1.C=C(C)C(=O)OC1CC2CC1C(F)(F)C2C(F)(F)F.C=C(C)C(=O)OC1CCC(C(F)(F)F)C1.C=C(C)C(=O)OC1CCC(C)C(C(F)(F)F)CC1.C=C(C)C(=O)OC1CCCC(C(F)(F)F)CC1. The van der Waals surface area contributed by atoms with Crippen molar-refractivity contribution in [2.24, 2.45) is 53.3 Å². The van der Waals surface area contributed by atoms with Gasteiger partial charge in [0, 0.05) is 27.9 Å². The first-order valence-electron chi connectivity index (χ1n) is 27.6. The van der Waals surface area contributed by atoms with Gasteiger partial charge in [-0.05, 0) is 155 Å². The molecule has 6 aliphatic carbocycles. The van der Waals surface area contributed by atoms with Crippen molar-refractivity contribution in [1.82, 2.24) is 0 Å². The summed E-state index contributed by atoms with van der Waals surface area (Å²) in [6.07, 6.45) is -22.3. The lowest BCUT2D eigenvalue weighted by molar-refractivity contribution is -0.265. The Labute approximate surface area is 483 Å². The molecule has 0 spiro atoms. The number of carbonyl (C=O) groups is 5. The lowest BCUT2D eigenvalue weighted by Crippen LogP contribution is -2.49. The molecule has 0 N–H and O–H groups in total. The number of esters is 5. The average molecular weight is 1260 g/mol. The van der Waals surface area contributed by atoms with E-state index in [0.717, 1.165) is 0 Å². The van der Waals surface area contributed by atoms with Crippen LogP contribution in [0.25, 0.3) is 0 Å². The molecule has 10 nitrogen and oxygen atoms in total. The lowest BCUT2D eigenvalue weighted by Gasteiger charge is -2.36. The molecule has 6 fully saturated rings. The van der Waals surface area contributed by atoms with Gasteiger partial charge in [-0.1, -0.05) is 46.7 Å². The third-order valence-corrected chi connectivity index (χ3v) is 15.7. The predicted molar refractivity (Wildman–Crippen MR) is 275 cm³/mol. The predicted octanol–water partition coefficient (Wildman–Crippen LogP) is 16.7.